The second kappa shape index (κ2) is 4.72. The van der Waals surface area contributed by atoms with Crippen molar-refractivity contribution in [3.8, 4) is 0 Å². The molecule has 3 heteroatoms. The van der Waals surface area contributed by atoms with Crippen LogP contribution in [0.1, 0.15) is 57.8 Å². The Morgan fingerprint density at radius 3 is 2.35 bits per heavy atom. The van der Waals surface area contributed by atoms with E-state index in [1.165, 1.54) is 32.1 Å². The highest BCUT2D eigenvalue weighted by atomic mass is 16.3. The van der Waals surface area contributed by atoms with Crippen LogP contribution in [0.15, 0.2) is 0 Å². The van der Waals surface area contributed by atoms with Crippen LogP contribution in [0.25, 0.3) is 0 Å². The summed E-state index contributed by atoms with van der Waals surface area (Å²) in [6, 6.07) is 0. The first-order valence-corrected chi connectivity index (χ1v) is 8.67. The van der Waals surface area contributed by atoms with Gasteiger partial charge in [-0.25, -0.2) is 0 Å². The maximum Gasteiger partial charge on any atom is 0.225 e. The summed E-state index contributed by atoms with van der Waals surface area (Å²) in [4.78, 5) is 14.5. The molecular weight excluding hydrogens is 250 g/mol. The molecule has 3 nitrogen and oxygen atoms in total. The van der Waals surface area contributed by atoms with Gasteiger partial charge >= 0.3 is 0 Å². The first-order valence-electron chi connectivity index (χ1n) is 8.67. The van der Waals surface area contributed by atoms with Crippen molar-refractivity contribution in [2.24, 2.45) is 23.7 Å². The molecule has 4 aliphatic rings. The summed E-state index contributed by atoms with van der Waals surface area (Å²) in [6.45, 7) is 1.22. The molecule has 1 amide bonds. The van der Waals surface area contributed by atoms with Gasteiger partial charge in [-0.15, -0.1) is 0 Å². The number of fused-ring (bicyclic) bond motifs is 1. The monoisotopic (exact) mass is 277 g/mol. The highest BCUT2D eigenvalue weighted by Gasteiger charge is 2.54. The first kappa shape index (κ1) is 13.1. The van der Waals surface area contributed by atoms with Gasteiger partial charge in [-0.1, -0.05) is 25.7 Å². The fourth-order valence-electron chi connectivity index (χ4n) is 5.01. The molecule has 0 bridgehead atoms. The van der Waals surface area contributed by atoms with Crippen LogP contribution in [-0.4, -0.2) is 34.6 Å². The van der Waals surface area contributed by atoms with Crippen LogP contribution in [-0.2, 0) is 4.79 Å². The summed E-state index contributed by atoms with van der Waals surface area (Å²) in [5, 5.41) is 10.4. The Bertz CT molecular complexity index is 398. The first-order chi connectivity index (χ1) is 9.66. The van der Waals surface area contributed by atoms with Crippen molar-refractivity contribution in [1.82, 2.24) is 4.90 Å². The molecule has 1 N–H and O–H groups in total. The number of aliphatic hydroxyl groups is 1. The number of hydrogen-bond acceptors (Lipinski definition) is 2. The van der Waals surface area contributed by atoms with E-state index in [0.29, 0.717) is 24.9 Å². The molecule has 4 fully saturated rings. The molecule has 0 aromatic rings. The summed E-state index contributed by atoms with van der Waals surface area (Å²) in [5.41, 5.74) is -0.516. The fraction of sp³-hybridized carbons (Fsp3) is 0.941. The van der Waals surface area contributed by atoms with E-state index < -0.39 is 5.60 Å². The smallest absolute Gasteiger partial charge is 0.225 e. The zero-order valence-electron chi connectivity index (χ0n) is 12.4. The van der Waals surface area contributed by atoms with E-state index in [4.69, 9.17) is 0 Å². The standard InChI is InChI=1S/C17H27NO2/c19-16(18-10-17(20,11-18)15-7-8-15)14-6-5-12-3-1-2-4-13(12)9-14/h12-15,20H,1-11H2. The lowest BCUT2D eigenvalue weighted by molar-refractivity contribution is -0.165. The van der Waals surface area contributed by atoms with Crippen molar-refractivity contribution < 1.29 is 9.90 Å². The van der Waals surface area contributed by atoms with Crippen LogP contribution < -0.4 is 0 Å². The van der Waals surface area contributed by atoms with E-state index in [2.05, 4.69) is 0 Å². The number of nitrogens with zero attached hydrogens (tertiary/aromatic N) is 1. The second-order valence-electron chi connectivity index (χ2n) is 7.89. The van der Waals surface area contributed by atoms with E-state index in [1.54, 1.807) is 0 Å². The molecule has 3 atom stereocenters. The van der Waals surface area contributed by atoms with Crippen LogP contribution in [0, 0.1) is 23.7 Å². The number of likely N-dealkylation sites (tertiary alicyclic amines) is 1. The van der Waals surface area contributed by atoms with Crippen molar-refractivity contribution in [2.75, 3.05) is 13.1 Å². The van der Waals surface area contributed by atoms with Gasteiger partial charge in [0.25, 0.3) is 0 Å². The Labute approximate surface area is 121 Å². The molecular formula is C17H27NO2. The SMILES string of the molecule is O=C(C1CCC2CCCCC2C1)N1CC(O)(C2CC2)C1. The molecule has 0 spiro atoms. The largest absolute Gasteiger partial charge is 0.386 e. The maximum atomic E-state index is 12.6. The third kappa shape index (κ3) is 2.18. The highest BCUT2D eigenvalue weighted by molar-refractivity contribution is 5.80. The highest BCUT2D eigenvalue weighted by Crippen LogP contribution is 2.47. The van der Waals surface area contributed by atoms with Gasteiger partial charge in [-0.3, -0.25) is 4.79 Å². The Morgan fingerprint density at radius 2 is 1.65 bits per heavy atom. The van der Waals surface area contributed by atoms with Crippen molar-refractivity contribution in [3.05, 3.63) is 0 Å². The topological polar surface area (TPSA) is 40.5 Å². The molecule has 1 saturated heterocycles. The van der Waals surface area contributed by atoms with Gasteiger partial charge in [0.15, 0.2) is 0 Å². The van der Waals surface area contributed by atoms with Gasteiger partial charge in [0.2, 0.25) is 5.91 Å². The third-order valence-corrected chi connectivity index (χ3v) is 6.47. The normalized spacial score (nSPS) is 39.9. The molecule has 0 radical (unpaired) electrons. The van der Waals surface area contributed by atoms with Crippen LogP contribution in [0.2, 0.25) is 0 Å². The predicted octanol–water partition coefficient (Wildman–Crippen LogP) is 2.58. The van der Waals surface area contributed by atoms with Crippen LogP contribution >= 0.6 is 0 Å². The van der Waals surface area contributed by atoms with Crippen LogP contribution in [0.3, 0.4) is 0 Å². The Hall–Kier alpha value is -0.570. The minimum absolute atomic E-state index is 0.262. The lowest BCUT2D eigenvalue weighted by Crippen LogP contribution is -2.65. The van der Waals surface area contributed by atoms with E-state index in [1.807, 2.05) is 4.90 Å². The minimum atomic E-state index is -0.516. The van der Waals surface area contributed by atoms with Crippen molar-refractivity contribution in [1.29, 1.82) is 0 Å². The van der Waals surface area contributed by atoms with Gasteiger partial charge < -0.3 is 10.0 Å². The zero-order valence-corrected chi connectivity index (χ0v) is 12.4. The fourth-order valence-corrected chi connectivity index (χ4v) is 5.01. The lowest BCUT2D eigenvalue weighted by atomic mass is 9.67. The van der Waals surface area contributed by atoms with Crippen LogP contribution in [0.4, 0.5) is 0 Å². The summed E-state index contributed by atoms with van der Waals surface area (Å²) in [6.07, 6.45) is 11.3. The number of hydrogen-bond donors (Lipinski definition) is 1. The molecule has 0 aromatic carbocycles. The zero-order chi connectivity index (χ0) is 13.7. The predicted molar refractivity (Wildman–Crippen MR) is 77.0 cm³/mol. The summed E-state index contributed by atoms with van der Waals surface area (Å²) >= 11 is 0. The average molecular weight is 277 g/mol. The van der Waals surface area contributed by atoms with E-state index >= 15 is 0 Å². The molecule has 3 unspecified atom stereocenters. The van der Waals surface area contributed by atoms with Gasteiger partial charge in [0.05, 0.1) is 13.1 Å². The van der Waals surface area contributed by atoms with Crippen LogP contribution in [0.5, 0.6) is 0 Å². The van der Waals surface area contributed by atoms with Crippen molar-refractivity contribution >= 4 is 5.91 Å². The molecule has 1 heterocycles. The van der Waals surface area contributed by atoms with Crippen molar-refractivity contribution in [3.63, 3.8) is 0 Å². The molecule has 20 heavy (non-hydrogen) atoms. The summed E-state index contributed by atoms with van der Waals surface area (Å²) in [7, 11) is 0. The number of amides is 1. The number of β-amino-alcohol motifs (C(OH)–C–C–N with tert-alkyl or cyclic N) is 1. The molecule has 4 rings (SSSR count). The summed E-state index contributed by atoms with van der Waals surface area (Å²) in [5.74, 6) is 2.82. The quantitative estimate of drug-likeness (QED) is 0.843. The van der Waals surface area contributed by atoms with Gasteiger partial charge in [-0.05, 0) is 49.9 Å². The maximum absolute atomic E-state index is 12.6. The number of carbonyl (C=O) groups excluding carboxylic acids is 1. The van der Waals surface area contributed by atoms with Crippen molar-refractivity contribution in [2.45, 2.75) is 63.4 Å². The molecule has 0 aromatic heterocycles. The Balaban J connectivity index is 1.33. The Kier molecular flexibility index (Phi) is 3.10. The van der Waals surface area contributed by atoms with Gasteiger partial charge in [0, 0.05) is 5.92 Å². The van der Waals surface area contributed by atoms with E-state index in [-0.39, 0.29) is 5.92 Å². The molecule has 3 saturated carbocycles. The third-order valence-electron chi connectivity index (χ3n) is 6.47. The minimum Gasteiger partial charge on any atom is -0.386 e. The van der Waals surface area contributed by atoms with E-state index in [0.717, 1.165) is 37.5 Å². The molecule has 3 aliphatic carbocycles. The van der Waals surface area contributed by atoms with Gasteiger partial charge in [-0.2, -0.15) is 0 Å². The van der Waals surface area contributed by atoms with E-state index in [9.17, 15) is 9.90 Å². The number of carbonyl (C=O) groups is 1. The lowest BCUT2D eigenvalue weighted by Gasteiger charge is -2.49. The molecule has 1 aliphatic heterocycles. The average Bonchev–Trinajstić information content (AvgIpc) is 3.27. The number of rotatable bonds is 2. The second-order valence-corrected chi connectivity index (χ2v) is 7.89. The molecule has 112 valence electrons. The Morgan fingerprint density at radius 1 is 0.950 bits per heavy atom. The summed E-state index contributed by atoms with van der Waals surface area (Å²) < 4.78 is 0. The van der Waals surface area contributed by atoms with Gasteiger partial charge in [0.1, 0.15) is 5.60 Å².